The van der Waals surface area contributed by atoms with Gasteiger partial charge in [-0.25, -0.2) is 50.5 Å². The molecule has 0 bridgehead atoms. The summed E-state index contributed by atoms with van der Waals surface area (Å²) in [4.78, 5) is 22.7. The van der Waals surface area contributed by atoms with Crippen LogP contribution in [0.1, 0.15) is 35.1 Å². The maximum absolute atomic E-state index is 12.9. The second kappa shape index (κ2) is 37.8. The van der Waals surface area contributed by atoms with E-state index in [4.69, 9.17) is 0 Å². The molecule has 468 valence electrons. The molecule has 96 heavy (non-hydrogen) atoms. The Morgan fingerprint density at radius 2 is 0.688 bits per heavy atom. The standard InChI is InChI=1S/C52H46N14O18S6.6Na/c53-23-7-25-65(31-33-9-3-1-4-10-33)51-61-47(59-49(63-51)57-41-29-39(85(67,68)69)19-21-43(41)87(73,74)75)55-37-17-15-35(45(27-37)89(79,80)81)13-14-36-16-18-38(28-46(36)90(82,83)84)56-48-60-50(58-42-30-40(86(70,71)72)20-22-44(42)88(76,77)78)64-52(62-48)66(26-8-24-54)32-34-11-5-2-6-12-34;;;;;;/h1-6,9-22,27-30H,7-8,25-26,31-32H2,(H,67,68,69)(H,70,71,72)(H,73,74,75)(H,76,77,78)(H,79,80,81)(H,82,83,84)(H2,55,57,59,61,63)(H2,56,58,60,62,64);;;;;;/q;6*+1/p-6. The predicted molar refractivity (Wildman–Crippen MR) is 311 cm³/mol. The number of aromatic nitrogens is 6. The van der Waals surface area contributed by atoms with Crippen LogP contribution in [0.2, 0.25) is 0 Å². The SMILES string of the molecule is N#CCCN(Cc1ccccc1)c1nc(Nc2ccc(C=Cc3ccc(Nc4nc(Nc5cc(S(=O)(=O)[O-])ccc5S(=O)(=O)[O-])nc(N(CCC#N)Cc5ccccc5)n4)cc3S(=O)(=O)[O-])c(S(=O)(=O)[O-])c2)nc(Nc2cc(S(=O)(=O)[O-])ccc2S(=O)(=O)[O-])n1.[Na+].[Na+].[Na+].[Na+].[Na+].[Na+]. The molecule has 0 saturated heterocycles. The number of hydrogen-bond acceptors (Lipinski definition) is 32. The van der Waals surface area contributed by atoms with Crippen molar-refractivity contribution in [3.63, 3.8) is 0 Å². The molecule has 0 unspecified atom stereocenters. The fourth-order valence-corrected chi connectivity index (χ4v) is 11.9. The molecule has 2 heterocycles. The van der Waals surface area contributed by atoms with E-state index in [-0.39, 0.29) is 240 Å². The molecule has 32 nitrogen and oxygen atoms in total. The molecular formula is C52H40N14Na6O18S6. The zero-order valence-corrected chi connectivity index (χ0v) is 68.3. The Labute approximate surface area is 684 Å². The van der Waals surface area contributed by atoms with Crippen molar-refractivity contribution < 1.29 is 255 Å². The fraction of sp³-hybridized carbons (Fsp3) is 0.115. The van der Waals surface area contributed by atoms with Gasteiger partial charge in [0.15, 0.2) is 0 Å². The predicted octanol–water partition coefficient (Wildman–Crippen LogP) is -13.5. The van der Waals surface area contributed by atoms with Gasteiger partial charge >= 0.3 is 177 Å². The molecule has 8 aromatic rings. The third kappa shape index (κ3) is 25.1. The monoisotopic (exact) mass is 1480 g/mol. The van der Waals surface area contributed by atoms with Crippen LogP contribution in [-0.2, 0) is 73.8 Å². The molecule has 6 aromatic carbocycles. The molecule has 2 aromatic heterocycles. The second-order valence-electron chi connectivity index (χ2n) is 18.6. The van der Waals surface area contributed by atoms with Crippen molar-refractivity contribution in [1.29, 1.82) is 10.5 Å². The summed E-state index contributed by atoms with van der Waals surface area (Å²) < 4.78 is 223. The van der Waals surface area contributed by atoms with Crippen molar-refractivity contribution in [3.05, 3.63) is 156 Å². The van der Waals surface area contributed by atoms with E-state index in [2.05, 4.69) is 51.2 Å². The van der Waals surface area contributed by atoms with Gasteiger partial charge in [-0.05, 0) is 82.9 Å². The van der Waals surface area contributed by atoms with Gasteiger partial charge in [-0.2, -0.15) is 40.4 Å². The molecule has 0 atom stereocenters. The number of anilines is 10. The van der Waals surface area contributed by atoms with Gasteiger partial charge < -0.3 is 58.4 Å². The molecule has 0 aliphatic rings. The van der Waals surface area contributed by atoms with Crippen molar-refractivity contribution in [2.24, 2.45) is 0 Å². The van der Waals surface area contributed by atoms with E-state index in [1.54, 1.807) is 60.7 Å². The summed E-state index contributed by atoms with van der Waals surface area (Å²) in [6, 6.07) is 30.6. The first kappa shape index (κ1) is 88.4. The Kier molecular flexibility index (Phi) is 34.8. The Morgan fingerprint density at radius 3 is 0.979 bits per heavy atom. The van der Waals surface area contributed by atoms with E-state index in [1.807, 2.05) is 12.1 Å². The maximum atomic E-state index is 12.9. The summed E-state index contributed by atoms with van der Waals surface area (Å²) in [6.07, 6.45) is 1.68. The van der Waals surface area contributed by atoms with Crippen molar-refractivity contribution in [2.75, 3.05) is 44.2 Å². The van der Waals surface area contributed by atoms with Crippen LogP contribution in [-0.4, -0.2) is 121 Å². The molecule has 4 N–H and O–H groups in total. The first-order valence-electron chi connectivity index (χ1n) is 25.2. The maximum Gasteiger partial charge on any atom is 1.00 e. The number of benzene rings is 6. The Hall–Kier alpha value is -3.68. The molecule has 8 rings (SSSR count). The summed E-state index contributed by atoms with van der Waals surface area (Å²) in [5, 5.41) is 29.2. The van der Waals surface area contributed by atoms with Crippen molar-refractivity contribution in [2.45, 2.75) is 55.3 Å². The van der Waals surface area contributed by atoms with Crippen molar-refractivity contribution in [3.8, 4) is 12.1 Å². The molecule has 0 aliphatic carbocycles. The summed E-state index contributed by atoms with van der Waals surface area (Å²) in [6.45, 7) is -0.0862. The zero-order chi connectivity index (χ0) is 65.4. The minimum atomic E-state index is -5.48. The normalized spacial score (nSPS) is 11.4. The molecular weight excluding hydrogens is 1440 g/mol. The molecule has 0 radical (unpaired) electrons. The van der Waals surface area contributed by atoms with Crippen LogP contribution in [0.15, 0.2) is 163 Å². The van der Waals surface area contributed by atoms with Gasteiger partial charge in [0.05, 0.1) is 65.7 Å². The number of nitriles is 2. The van der Waals surface area contributed by atoms with E-state index in [9.17, 15) is 88.3 Å². The quantitative estimate of drug-likeness (QED) is 0.0222. The summed E-state index contributed by atoms with van der Waals surface area (Å²) in [5.74, 6) is -2.74. The summed E-state index contributed by atoms with van der Waals surface area (Å²) in [5.41, 5.74) is -1.50. The minimum Gasteiger partial charge on any atom is -0.744 e. The number of rotatable bonds is 26. The molecule has 0 spiro atoms. The average molecular weight is 1480 g/mol. The Bertz CT molecular complexity index is 4640. The minimum absolute atomic E-state index is 0. The molecule has 0 amide bonds. The van der Waals surface area contributed by atoms with E-state index >= 15 is 0 Å². The van der Waals surface area contributed by atoms with E-state index in [0.29, 0.717) is 47.5 Å². The molecule has 0 fully saturated rings. The van der Waals surface area contributed by atoms with Crippen molar-refractivity contribution in [1.82, 2.24) is 29.9 Å². The van der Waals surface area contributed by atoms with Gasteiger partial charge in [0.25, 0.3) is 0 Å². The number of hydrogen-bond donors (Lipinski definition) is 4. The number of nitrogens with one attached hydrogen (secondary N) is 4. The van der Waals surface area contributed by atoms with Gasteiger partial charge in [0, 0.05) is 37.6 Å². The zero-order valence-electron chi connectivity index (χ0n) is 51.4. The van der Waals surface area contributed by atoms with Crippen molar-refractivity contribution >= 4 is 131 Å². The smallest absolute Gasteiger partial charge is 0.744 e. The third-order valence-electron chi connectivity index (χ3n) is 12.3. The van der Waals surface area contributed by atoms with E-state index < -0.39 is 136 Å². The summed E-state index contributed by atoms with van der Waals surface area (Å²) in [7, 11) is -32.3. The first-order chi connectivity index (χ1) is 42.2. The van der Waals surface area contributed by atoms with Crippen LogP contribution in [0.5, 0.6) is 0 Å². The number of nitrogens with zero attached hydrogens (tertiary/aromatic N) is 10. The fourth-order valence-electron chi connectivity index (χ4n) is 8.28. The second-order valence-corrected chi connectivity index (χ2v) is 26.7. The van der Waals surface area contributed by atoms with Crippen LogP contribution >= 0.6 is 0 Å². The molecule has 0 aliphatic heterocycles. The van der Waals surface area contributed by atoms with Crippen LogP contribution in [0, 0.1) is 22.7 Å². The molecule has 0 saturated carbocycles. The van der Waals surface area contributed by atoms with E-state index in [0.717, 1.165) is 36.4 Å². The van der Waals surface area contributed by atoms with Gasteiger partial charge in [0.1, 0.15) is 60.7 Å². The van der Waals surface area contributed by atoms with Crippen LogP contribution in [0.3, 0.4) is 0 Å². The largest absolute Gasteiger partial charge is 1.00 e. The van der Waals surface area contributed by atoms with Gasteiger partial charge in [-0.1, -0.05) is 84.9 Å². The Morgan fingerprint density at radius 1 is 0.375 bits per heavy atom. The topological polar surface area (TPSA) is 523 Å². The van der Waals surface area contributed by atoms with Gasteiger partial charge in [-0.15, -0.1) is 0 Å². The average Bonchev–Trinajstić information content (AvgIpc) is 0.802. The molecule has 44 heteroatoms. The van der Waals surface area contributed by atoms with Crippen LogP contribution < -0.4 is 208 Å². The van der Waals surface area contributed by atoms with Gasteiger partial charge in [-0.3, -0.25) is 0 Å². The third-order valence-corrected chi connectivity index (χ3v) is 17.5. The Balaban J connectivity index is 0.00000523. The van der Waals surface area contributed by atoms with Crippen LogP contribution in [0.4, 0.5) is 58.4 Å². The van der Waals surface area contributed by atoms with Gasteiger partial charge in [0.2, 0.25) is 35.7 Å². The van der Waals surface area contributed by atoms with E-state index in [1.165, 1.54) is 21.9 Å². The summed E-state index contributed by atoms with van der Waals surface area (Å²) >= 11 is 0. The first-order valence-corrected chi connectivity index (χ1v) is 33.6. The van der Waals surface area contributed by atoms with Crippen LogP contribution in [0.25, 0.3) is 12.2 Å².